The number of carbonyl (C=O) groups excluding carboxylic acids is 1. The highest BCUT2D eigenvalue weighted by molar-refractivity contribution is 6.30. The van der Waals surface area contributed by atoms with E-state index in [1.54, 1.807) is 37.3 Å². The molecule has 0 saturated carbocycles. The van der Waals surface area contributed by atoms with Crippen LogP contribution in [0.25, 0.3) is 11.4 Å². The third kappa shape index (κ3) is 3.29. The van der Waals surface area contributed by atoms with Gasteiger partial charge in [0.2, 0.25) is 17.6 Å². The summed E-state index contributed by atoms with van der Waals surface area (Å²) in [7, 11) is 3.13. The number of rotatable bonds is 5. The Morgan fingerprint density at radius 3 is 2.64 bits per heavy atom. The van der Waals surface area contributed by atoms with Crippen LogP contribution in [0.5, 0.6) is 11.5 Å². The van der Waals surface area contributed by atoms with Crippen LogP contribution in [0.2, 0.25) is 5.02 Å². The molecule has 4 rings (SSSR count). The van der Waals surface area contributed by atoms with Crippen molar-refractivity contribution in [1.29, 1.82) is 0 Å². The molecule has 2 heterocycles. The molecule has 1 unspecified atom stereocenters. The van der Waals surface area contributed by atoms with E-state index in [1.165, 1.54) is 0 Å². The highest BCUT2D eigenvalue weighted by Crippen LogP contribution is 2.38. The predicted octanol–water partition coefficient (Wildman–Crippen LogP) is 3.93. The van der Waals surface area contributed by atoms with Gasteiger partial charge in [-0.1, -0.05) is 22.8 Å². The number of benzene rings is 2. The minimum atomic E-state index is -0.180. The minimum Gasteiger partial charge on any atom is -0.493 e. The summed E-state index contributed by atoms with van der Waals surface area (Å²) in [4.78, 5) is 18.7. The van der Waals surface area contributed by atoms with Gasteiger partial charge in [-0.3, -0.25) is 4.79 Å². The number of carbonyl (C=O) groups is 1. The van der Waals surface area contributed by atoms with Crippen molar-refractivity contribution >= 4 is 23.2 Å². The lowest BCUT2D eigenvalue weighted by Crippen LogP contribution is -2.24. The van der Waals surface area contributed by atoms with Crippen molar-refractivity contribution in [2.45, 2.75) is 12.3 Å². The first-order chi connectivity index (χ1) is 13.6. The van der Waals surface area contributed by atoms with E-state index in [9.17, 15) is 4.79 Å². The summed E-state index contributed by atoms with van der Waals surface area (Å²) in [5.74, 6) is 1.75. The van der Waals surface area contributed by atoms with Gasteiger partial charge in [-0.15, -0.1) is 0 Å². The SMILES string of the molecule is COc1cccc(-c2noc(C3CC(=O)N(c4ccc(Cl)cc4)C3)n2)c1OC. The van der Waals surface area contributed by atoms with Crippen molar-refractivity contribution in [2.24, 2.45) is 0 Å². The average Bonchev–Trinajstić information content (AvgIpc) is 3.35. The Hall–Kier alpha value is -3.06. The third-order valence-corrected chi connectivity index (χ3v) is 4.95. The zero-order valence-corrected chi connectivity index (χ0v) is 16.1. The average molecular weight is 400 g/mol. The number of hydrogen-bond acceptors (Lipinski definition) is 6. The molecule has 144 valence electrons. The molecule has 28 heavy (non-hydrogen) atoms. The summed E-state index contributed by atoms with van der Waals surface area (Å²) >= 11 is 5.93. The number of amides is 1. The smallest absolute Gasteiger partial charge is 0.232 e. The van der Waals surface area contributed by atoms with Gasteiger partial charge in [0.25, 0.3) is 0 Å². The van der Waals surface area contributed by atoms with E-state index in [0.29, 0.717) is 46.8 Å². The molecule has 0 spiro atoms. The van der Waals surface area contributed by atoms with E-state index in [1.807, 2.05) is 24.3 Å². The maximum Gasteiger partial charge on any atom is 0.232 e. The van der Waals surface area contributed by atoms with Crippen molar-refractivity contribution in [2.75, 3.05) is 25.7 Å². The van der Waals surface area contributed by atoms with Crippen LogP contribution >= 0.6 is 11.6 Å². The second-order valence-corrected chi connectivity index (χ2v) is 6.82. The lowest BCUT2D eigenvalue weighted by molar-refractivity contribution is -0.117. The van der Waals surface area contributed by atoms with Gasteiger partial charge in [-0.25, -0.2) is 0 Å². The Morgan fingerprint density at radius 2 is 1.93 bits per heavy atom. The molecule has 0 N–H and O–H groups in total. The molecule has 1 aromatic heterocycles. The fourth-order valence-corrected chi connectivity index (χ4v) is 3.44. The van der Waals surface area contributed by atoms with Crippen molar-refractivity contribution < 1.29 is 18.8 Å². The molecular weight excluding hydrogens is 382 g/mol. The number of para-hydroxylation sites is 1. The van der Waals surface area contributed by atoms with Gasteiger partial charge >= 0.3 is 0 Å². The van der Waals surface area contributed by atoms with Crippen LogP contribution in [0.3, 0.4) is 0 Å². The van der Waals surface area contributed by atoms with Crippen molar-refractivity contribution in [1.82, 2.24) is 10.1 Å². The van der Waals surface area contributed by atoms with E-state index in [-0.39, 0.29) is 11.8 Å². The molecular formula is C20H18ClN3O4. The third-order valence-electron chi connectivity index (χ3n) is 4.70. The molecule has 0 aliphatic carbocycles. The summed E-state index contributed by atoms with van der Waals surface area (Å²) in [5.41, 5.74) is 1.46. The molecule has 3 aromatic rings. The van der Waals surface area contributed by atoms with Gasteiger partial charge in [-0.2, -0.15) is 4.98 Å². The summed E-state index contributed by atoms with van der Waals surface area (Å²) in [6.07, 6.45) is 0.305. The van der Waals surface area contributed by atoms with Crippen LogP contribution < -0.4 is 14.4 Å². The Bertz CT molecular complexity index is 1000. The van der Waals surface area contributed by atoms with E-state index in [4.69, 9.17) is 25.6 Å². The topological polar surface area (TPSA) is 77.7 Å². The van der Waals surface area contributed by atoms with E-state index in [0.717, 1.165) is 5.69 Å². The van der Waals surface area contributed by atoms with E-state index >= 15 is 0 Å². The number of anilines is 1. The van der Waals surface area contributed by atoms with Gasteiger partial charge < -0.3 is 18.9 Å². The van der Waals surface area contributed by atoms with Gasteiger partial charge in [0.05, 0.1) is 25.7 Å². The molecule has 8 heteroatoms. The number of ether oxygens (including phenoxy) is 2. The molecule has 1 amide bonds. The molecule has 1 fully saturated rings. The van der Waals surface area contributed by atoms with Gasteiger partial charge in [-0.05, 0) is 36.4 Å². The van der Waals surface area contributed by atoms with Crippen LogP contribution in [0.15, 0.2) is 47.0 Å². The summed E-state index contributed by atoms with van der Waals surface area (Å²) < 4.78 is 16.2. The zero-order chi connectivity index (χ0) is 19.7. The standard InChI is InChI=1S/C20H18ClN3O4/c1-26-16-5-3-4-15(18(16)27-2)19-22-20(28-23-19)12-10-17(25)24(11-12)14-8-6-13(21)7-9-14/h3-9,12H,10-11H2,1-2H3. The molecule has 1 atom stereocenters. The second kappa shape index (κ2) is 7.52. The van der Waals surface area contributed by atoms with Crippen LogP contribution in [0.1, 0.15) is 18.2 Å². The number of methoxy groups -OCH3 is 2. The van der Waals surface area contributed by atoms with Gasteiger partial charge in [0.1, 0.15) is 0 Å². The highest BCUT2D eigenvalue weighted by atomic mass is 35.5. The Labute approximate surface area is 166 Å². The monoisotopic (exact) mass is 399 g/mol. The van der Waals surface area contributed by atoms with Crippen LogP contribution in [-0.2, 0) is 4.79 Å². The summed E-state index contributed by atoms with van der Waals surface area (Å²) in [6, 6.07) is 12.6. The Morgan fingerprint density at radius 1 is 1.14 bits per heavy atom. The first-order valence-electron chi connectivity index (χ1n) is 8.71. The molecule has 1 aliphatic rings. The zero-order valence-electron chi connectivity index (χ0n) is 15.4. The second-order valence-electron chi connectivity index (χ2n) is 6.38. The maximum absolute atomic E-state index is 12.5. The number of aromatic nitrogens is 2. The Balaban J connectivity index is 1.59. The van der Waals surface area contributed by atoms with Crippen molar-refractivity contribution in [3.63, 3.8) is 0 Å². The highest BCUT2D eigenvalue weighted by Gasteiger charge is 2.35. The largest absolute Gasteiger partial charge is 0.493 e. The van der Waals surface area contributed by atoms with Crippen LogP contribution in [-0.4, -0.2) is 36.8 Å². The van der Waals surface area contributed by atoms with Crippen molar-refractivity contribution in [3.8, 4) is 22.9 Å². The van der Waals surface area contributed by atoms with E-state index in [2.05, 4.69) is 10.1 Å². The number of hydrogen-bond donors (Lipinski definition) is 0. The van der Waals surface area contributed by atoms with Crippen molar-refractivity contribution in [3.05, 3.63) is 53.4 Å². The molecule has 2 aromatic carbocycles. The molecule has 0 radical (unpaired) electrons. The fourth-order valence-electron chi connectivity index (χ4n) is 3.32. The summed E-state index contributed by atoms with van der Waals surface area (Å²) in [6.45, 7) is 0.470. The van der Waals surface area contributed by atoms with Gasteiger partial charge in [0.15, 0.2) is 11.5 Å². The Kier molecular flexibility index (Phi) is 4.92. The number of halogens is 1. The predicted molar refractivity (Wildman–Crippen MR) is 104 cm³/mol. The maximum atomic E-state index is 12.5. The first kappa shape index (κ1) is 18.3. The first-order valence-corrected chi connectivity index (χ1v) is 9.09. The molecule has 0 bridgehead atoms. The number of nitrogens with zero attached hydrogens (tertiary/aromatic N) is 3. The lowest BCUT2D eigenvalue weighted by Gasteiger charge is -2.15. The molecule has 7 nitrogen and oxygen atoms in total. The quantitative estimate of drug-likeness (QED) is 0.647. The molecule has 1 saturated heterocycles. The van der Waals surface area contributed by atoms with Crippen LogP contribution in [0, 0.1) is 0 Å². The molecule has 1 aliphatic heterocycles. The minimum absolute atomic E-state index is 0.00559. The summed E-state index contributed by atoms with van der Waals surface area (Å²) in [5, 5.41) is 4.71. The lowest BCUT2D eigenvalue weighted by atomic mass is 10.1. The van der Waals surface area contributed by atoms with Gasteiger partial charge in [0, 0.05) is 23.7 Å². The normalized spacial score (nSPS) is 16.5. The van der Waals surface area contributed by atoms with E-state index < -0.39 is 0 Å². The van der Waals surface area contributed by atoms with Crippen LogP contribution in [0.4, 0.5) is 5.69 Å². The fraction of sp³-hybridized carbons (Fsp3) is 0.250.